The predicted molar refractivity (Wildman–Crippen MR) is 62.5 cm³/mol. The van der Waals surface area contributed by atoms with E-state index in [2.05, 4.69) is 6.58 Å². The Bertz CT molecular complexity index is 347. The summed E-state index contributed by atoms with van der Waals surface area (Å²) in [6.07, 6.45) is 1.73. The Labute approximate surface area is 90.2 Å². The maximum absolute atomic E-state index is 13.7. The molecule has 0 radical (unpaired) electrons. The second-order valence-electron chi connectivity index (χ2n) is 3.64. The second-order valence-corrected chi connectivity index (χ2v) is 3.64. The predicted octanol–water partition coefficient (Wildman–Crippen LogP) is 2.47. The first-order chi connectivity index (χ1) is 7.07. The summed E-state index contributed by atoms with van der Waals surface area (Å²) < 4.78 is 13.7. The van der Waals surface area contributed by atoms with Gasteiger partial charge in [0.25, 0.3) is 0 Å². The third-order valence-electron chi connectivity index (χ3n) is 2.29. The van der Waals surface area contributed by atoms with E-state index < -0.39 is 0 Å². The number of benzene rings is 1. The van der Waals surface area contributed by atoms with Gasteiger partial charge in [-0.15, -0.1) is 6.58 Å². The summed E-state index contributed by atoms with van der Waals surface area (Å²) in [5.41, 5.74) is 7.18. The van der Waals surface area contributed by atoms with E-state index in [0.29, 0.717) is 12.2 Å². The summed E-state index contributed by atoms with van der Waals surface area (Å²) in [5, 5.41) is 0. The molecule has 0 fully saturated rings. The van der Waals surface area contributed by atoms with Crippen molar-refractivity contribution in [3.05, 3.63) is 42.2 Å². The smallest absolute Gasteiger partial charge is 0.146 e. The summed E-state index contributed by atoms with van der Waals surface area (Å²) in [4.78, 5) is 1.81. The van der Waals surface area contributed by atoms with Gasteiger partial charge >= 0.3 is 0 Å². The highest BCUT2D eigenvalue weighted by molar-refractivity contribution is 5.55. The molecule has 1 unspecified atom stereocenters. The number of likely N-dealkylation sites (N-methyl/N-ethyl adjacent to an activating group) is 1. The molecule has 2 nitrogen and oxygen atoms in total. The van der Waals surface area contributed by atoms with Crippen LogP contribution >= 0.6 is 0 Å². The minimum atomic E-state index is -0.242. The number of nitrogens with zero attached hydrogens (tertiary/aromatic N) is 1. The van der Waals surface area contributed by atoms with Gasteiger partial charge in [0, 0.05) is 19.6 Å². The van der Waals surface area contributed by atoms with Crippen molar-refractivity contribution < 1.29 is 4.39 Å². The van der Waals surface area contributed by atoms with Crippen molar-refractivity contribution in [2.75, 3.05) is 18.5 Å². The van der Waals surface area contributed by atoms with E-state index in [4.69, 9.17) is 5.73 Å². The first kappa shape index (κ1) is 11.7. The molecule has 0 amide bonds. The molecule has 0 spiro atoms. The molecule has 82 valence electrons. The fourth-order valence-corrected chi connectivity index (χ4v) is 1.59. The zero-order valence-corrected chi connectivity index (χ0v) is 9.20. The third-order valence-corrected chi connectivity index (χ3v) is 2.29. The fraction of sp³-hybridized carbons (Fsp3) is 0.333. The molecular weight excluding hydrogens is 191 g/mol. The lowest BCUT2D eigenvalue weighted by Gasteiger charge is -2.23. The van der Waals surface area contributed by atoms with Gasteiger partial charge in [0.05, 0.1) is 5.69 Å². The Morgan fingerprint density at radius 1 is 1.60 bits per heavy atom. The molecule has 0 aliphatic rings. The number of anilines is 1. The lowest BCUT2D eigenvalue weighted by molar-refractivity contribution is 0.619. The first-order valence-electron chi connectivity index (χ1n) is 4.94. The zero-order valence-electron chi connectivity index (χ0n) is 9.20. The highest BCUT2D eigenvalue weighted by Gasteiger charge is 2.14. The lowest BCUT2D eigenvalue weighted by atomic mass is 10.1. The van der Waals surface area contributed by atoms with Crippen LogP contribution in [0.2, 0.25) is 0 Å². The number of hydrogen-bond donors (Lipinski definition) is 1. The van der Waals surface area contributed by atoms with Crippen LogP contribution in [-0.2, 0) is 0 Å². The lowest BCUT2D eigenvalue weighted by Crippen LogP contribution is -2.21. The van der Waals surface area contributed by atoms with Crippen LogP contribution < -0.4 is 10.6 Å². The van der Waals surface area contributed by atoms with Crippen molar-refractivity contribution in [3.8, 4) is 0 Å². The Morgan fingerprint density at radius 3 is 2.80 bits per heavy atom. The average molecular weight is 208 g/mol. The molecule has 0 bridgehead atoms. The molecule has 0 heterocycles. The maximum atomic E-state index is 13.7. The molecule has 1 rings (SSSR count). The van der Waals surface area contributed by atoms with Gasteiger partial charge in [-0.3, -0.25) is 0 Å². The molecule has 15 heavy (non-hydrogen) atoms. The fourth-order valence-electron chi connectivity index (χ4n) is 1.59. The van der Waals surface area contributed by atoms with Crippen molar-refractivity contribution in [1.29, 1.82) is 0 Å². The van der Waals surface area contributed by atoms with Crippen LogP contribution in [0.3, 0.4) is 0 Å². The largest absolute Gasteiger partial charge is 0.368 e. The SMILES string of the molecule is C=CCN(C)c1c(F)cccc1C(C)N. The summed E-state index contributed by atoms with van der Waals surface area (Å²) in [6.45, 7) is 6.08. The Hall–Kier alpha value is -1.35. The normalized spacial score (nSPS) is 12.3. The topological polar surface area (TPSA) is 29.3 Å². The van der Waals surface area contributed by atoms with E-state index in [0.717, 1.165) is 5.56 Å². The Balaban J connectivity index is 3.17. The summed E-state index contributed by atoms with van der Waals surface area (Å²) >= 11 is 0. The van der Waals surface area contributed by atoms with Gasteiger partial charge in [0.2, 0.25) is 0 Å². The molecule has 0 aliphatic carbocycles. The van der Waals surface area contributed by atoms with Crippen LogP contribution in [0.15, 0.2) is 30.9 Å². The van der Waals surface area contributed by atoms with E-state index in [1.54, 1.807) is 17.0 Å². The van der Waals surface area contributed by atoms with Crippen LogP contribution in [0.25, 0.3) is 0 Å². The molecule has 0 saturated heterocycles. The highest BCUT2D eigenvalue weighted by atomic mass is 19.1. The van der Waals surface area contributed by atoms with Gasteiger partial charge in [0.1, 0.15) is 5.82 Å². The van der Waals surface area contributed by atoms with Crippen LogP contribution in [0, 0.1) is 5.82 Å². The highest BCUT2D eigenvalue weighted by Crippen LogP contribution is 2.27. The zero-order chi connectivity index (χ0) is 11.4. The van der Waals surface area contributed by atoms with Crippen molar-refractivity contribution >= 4 is 5.69 Å². The van der Waals surface area contributed by atoms with Gasteiger partial charge in [0.15, 0.2) is 0 Å². The molecule has 0 saturated carbocycles. The van der Waals surface area contributed by atoms with Crippen LogP contribution in [0.5, 0.6) is 0 Å². The van der Waals surface area contributed by atoms with E-state index in [-0.39, 0.29) is 11.9 Å². The van der Waals surface area contributed by atoms with Crippen molar-refractivity contribution in [1.82, 2.24) is 0 Å². The van der Waals surface area contributed by atoms with Gasteiger partial charge in [-0.2, -0.15) is 0 Å². The van der Waals surface area contributed by atoms with Crippen LogP contribution in [-0.4, -0.2) is 13.6 Å². The number of hydrogen-bond acceptors (Lipinski definition) is 2. The Morgan fingerprint density at radius 2 is 2.27 bits per heavy atom. The summed E-state index contributed by atoms with van der Waals surface area (Å²) in [5.74, 6) is -0.242. The molecule has 1 aromatic carbocycles. The molecule has 0 aliphatic heterocycles. The first-order valence-corrected chi connectivity index (χ1v) is 4.94. The monoisotopic (exact) mass is 208 g/mol. The van der Waals surface area contributed by atoms with Crippen molar-refractivity contribution in [3.63, 3.8) is 0 Å². The van der Waals surface area contributed by atoms with Gasteiger partial charge in [-0.25, -0.2) is 4.39 Å². The van der Waals surface area contributed by atoms with Gasteiger partial charge < -0.3 is 10.6 Å². The standard InChI is InChI=1S/C12H17FN2/c1-4-8-15(3)12-10(9(2)14)6-5-7-11(12)13/h4-7,9H,1,8,14H2,2-3H3. The second kappa shape index (κ2) is 4.94. The van der Waals surface area contributed by atoms with Crippen LogP contribution in [0.4, 0.5) is 10.1 Å². The number of nitrogens with two attached hydrogens (primary N) is 1. The molecule has 1 atom stereocenters. The van der Waals surface area contributed by atoms with Crippen molar-refractivity contribution in [2.24, 2.45) is 5.73 Å². The maximum Gasteiger partial charge on any atom is 0.146 e. The Kier molecular flexibility index (Phi) is 3.86. The minimum Gasteiger partial charge on any atom is -0.368 e. The summed E-state index contributed by atoms with van der Waals surface area (Å²) in [7, 11) is 1.83. The summed E-state index contributed by atoms with van der Waals surface area (Å²) in [6, 6.07) is 4.80. The molecule has 1 aromatic rings. The number of para-hydroxylation sites is 1. The van der Waals surface area contributed by atoms with Crippen LogP contribution in [0.1, 0.15) is 18.5 Å². The van der Waals surface area contributed by atoms with E-state index >= 15 is 0 Å². The van der Waals surface area contributed by atoms with Crippen molar-refractivity contribution in [2.45, 2.75) is 13.0 Å². The van der Waals surface area contributed by atoms with E-state index in [1.165, 1.54) is 6.07 Å². The average Bonchev–Trinajstić information content (AvgIpc) is 2.17. The molecule has 3 heteroatoms. The molecule has 2 N–H and O–H groups in total. The number of rotatable bonds is 4. The van der Waals surface area contributed by atoms with E-state index in [9.17, 15) is 4.39 Å². The van der Waals surface area contributed by atoms with E-state index in [1.807, 2.05) is 20.0 Å². The number of halogens is 1. The molecular formula is C12H17FN2. The molecule has 0 aromatic heterocycles. The third kappa shape index (κ3) is 2.57. The van der Waals surface area contributed by atoms with Gasteiger partial charge in [-0.05, 0) is 18.6 Å². The quantitative estimate of drug-likeness (QED) is 0.770. The minimum absolute atomic E-state index is 0.178. The van der Waals surface area contributed by atoms with Gasteiger partial charge in [-0.1, -0.05) is 18.2 Å².